The largest absolute Gasteiger partial charge is 0.461 e. The van der Waals surface area contributed by atoms with Crippen LogP contribution in [0, 0.1) is 5.41 Å². The fourth-order valence-electron chi connectivity index (χ4n) is 4.54. The number of aromatic nitrogens is 2. The molecule has 0 bridgehead atoms. The van der Waals surface area contributed by atoms with E-state index in [1.807, 2.05) is 35.8 Å². The lowest BCUT2D eigenvalue weighted by Crippen LogP contribution is -2.44. The Morgan fingerprint density at radius 2 is 1.77 bits per heavy atom. The van der Waals surface area contributed by atoms with E-state index < -0.39 is 23.5 Å². The number of rotatable bonds is 7. The van der Waals surface area contributed by atoms with Crippen molar-refractivity contribution in [3.63, 3.8) is 0 Å². The molecule has 0 spiro atoms. The van der Waals surface area contributed by atoms with Crippen molar-refractivity contribution in [2.24, 2.45) is 0 Å². The number of nitrogens with one attached hydrogen (secondary N) is 2. The summed E-state index contributed by atoms with van der Waals surface area (Å²) in [5.74, 6) is 0.184. The second-order valence-corrected chi connectivity index (χ2v) is 10.4. The highest BCUT2D eigenvalue weighted by atomic mass is 16.6. The molecule has 11 heteroatoms. The molecule has 11 nitrogen and oxygen atoms in total. The van der Waals surface area contributed by atoms with Crippen LogP contribution in [0.5, 0.6) is 11.5 Å². The van der Waals surface area contributed by atoms with Gasteiger partial charge >= 0.3 is 12.1 Å². The summed E-state index contributed by atoms with van der Waals surface area (Å²) in [5.41, 5.74) is 2.21. The summed E-state index contributed by atoms with van der Waals surface area (Å²) in [6, 6.07) is 16.0. The molecule has 40 heavy (non-hydrogen) atoms. The Morgan fingerprint density at radius 3 is 2.40 bits per heavy atom. The van der Waals surface area contributed by atoms with E-state index in [-0.39, 0.29) is 30.5 Å². The van der Waals surface area contributed by atoms with Gasteiger partial charge in [-0.05, 0) is 76.9 Å². The molecule has 1 atom stereocenters. The molecular formula is C29H35N5O6. The molecular weight excluding hydrogens is 514 g/mol. The molecule has 212 valence electrons. The molecule has 1 aromatic heterocycles. The summed E-state index contributed by atoms with van der Waals surface area (Å²) in [6.07, 6.45) is 0.856. The molecule has 1 amide bonds. The minimum Gasteiger partial charge on any atom is -0.461 e. The molecule has 4 rings (SSSR count). The third-order valence-corrected chi connectivity index (χ3v) is 6.24. The maximum absolute atomic E-state index is 13.2. The summed E-state index contributed by atoms with van der Waals surface area (Å²) in [6.45, 7) is 7.98. The van der Waals surface area contributed by atoms with Gasteiger partial charge in [-0.1, -0.05) is 18.2 Å². The Labute approximate surface area is 233 Å². The zero-order chi connectivity index (χ0) is 28.9. The fraction of sp³-hybridized carbons (Fsp3) is 0.379. The molecule has 2 heterocycles. The monoisotopic (exact) mass is 549 g/mol. The molecule has 1 aliphatic rings. The molecule has 0 radical (unpaired) electrons. The predicted octanol–water partition coefficient (Wildman–Crippen LogP) is 5.40. The van der Waals surface area contributed by atoms with Gasteiger partial charge in [-0.3, -0.25) is 20.8 Å². The average molecular weight is 550 g/mol. The van der Waals surface area contributed by atoms with Crippen molar-refractivity contribution >= 4 is 17.9 Å². The van der Waals surface area contributed by atoms with E-state index in [1.165, 1.54) is 4.68 Å². The van der Waals surface area contributed by atoms with Gasteiger partial charge in [0.25, 0.3) is 0 Å². The molecule has 1 unspecified atom stereocenters. The van der Waals surface area contributed by atoms with Crippen LogP contribution < -0.4 is 10.2 Å². The number of benzene rings is 2. The Bertz CT molecular complexity index is 1350. The summed E-state index contributed by atoms with van der Waals surface area (Å²) in [4.78, 5) is 27.7. The van der Waals surface area contributed by atoms with Crippen LogP contribution >= 0.6 is 0 Å². The Kier molecular flexibility index (Phi) is 8.73. The van der Waals surface area contributed by atoms with Gasteiger partial charge in [0.1, 0.15) is 22.8 Å². The van der Waals surface area contributed by atoms with E-state index in [0.29, 0.717) is 42.1 Å². The molecule has 2 aromatic carbocycles. The Balaban J connectivity index is 1.73. The smallest absolute Gasteiger partial charge is 0.410 e. The van der Waals surface area contributed by atoms with E-state index in [0.717, 1.165) is 0 Å². The first-order chi connectivity index (χ1) is 19.1. The van der Waals surface area contributed by atoms with E-state index in [9.17, 15) is 14.8 Å². The molecule has 1 fully saturated rings. The standard InChI is InChI=1S/C29H35N5O6/c1-5-38-27(35)25-23(26(30)32-37)24(19-13-15-22(16-14-19)39-21-11-7-6-8-12-21)31-34(25)20-10-9-17-33(18-20)28(36)40-29(2,3)4/h6-8,11-16,20,37H,5,9-10,17-18H2,1-4H3,(H2,30,32). The normalized spacial score (nSPS) is 15.3. The van der Waals surface area contributed by atoms with Gasteiger partial charge < -0.3 is 19.1 Å². The number of para-hydroxylation sites is 1. The number of esters is 1. The van der Waals surface area contributed by atoms with Gasteiger partial charge in [0.2, 0.25) is 0 Å². The number of hydrogen-bond acceptors (Lipinski definition) is 8. The third-order valence-electron chi connectivity index (χ3n) is 6.24. The van der Waals surface area contributed by atoms with Crippen molar-refractivity contribution in [2.75, 3.05) is 19.7 Å². The minimum atomic E-state index is -0.685. The van der Waals surface area contributed by atoms with Gasteiger partial charge in [-0.25, -0.2) is 9.59 Å². The van der Waals surface area contributed by atoms with Crippen LogP contribution in [0.15, 0.2) is 54.6 Å². The zero-order valence-corrected chi connectivity index (χ0v) is 23.1. The molecule has 3 aromatic rings. The van der Waals surface area contributed by atoms with Gasteiger partial charge in [0.15, 0.2) is 11.5 Å². The lowest BCUT2D eigenvalue weighted by atomic mass is 10.0. The number of carbonyl (C=O) groups is 2. The van der Waals surface area contributed by atoms with Crippen LogP contribution in [0.4, 0.5) is 4.79 Å². The van der Waals surface area contributed by atoms with Gasteiger partial charge in [-0.15, -0.1) is 0 Å². The maximum Gasteiger partial charge on any atom is 0.410 e. The Hall–Kier alpha value is -4.38. The summed E-state index contributed by atoms with van der Waals surface area (Å²) in [7, 11) is 0. The SMILES string of the molecule is CCOC(=O)c1c(C(=N)NO)c(-c2ccc(Oc3ccccc3)cc2)nn1C1CCCN(C(=O)OC(C)(C)C)C1. The first kappa shape index (κ1) is 28.6. The molecule has 1 saturated heterocycles. The van der Waals surface area contributed by atoms with Crippen LogP contribution in [-0.4, -0.2) is 63.1 Å². The second kappa shape index (κ2) is 12.2. The van der Waals surface area contributed by atoms with Crippen molar-refractivity contribution in [3.05, 3.63) is 65.9 Å². The van der Waals surface area contributed by atoms with Crippen LogP contribution in [0.25, 0.3) is 11.3 Å². The number of hydrogen-bond donors (Lipinski definition) is 3. The topological polar surface area (TPSA) is 139 Å². The maximum atomic E-state index is 13.2. The van der Waals surface area contributed by atoms with Gasteiger partial charge in [0, 0.05) is 18.7 Å². The lowest BCUT2D eigenvalue weighted by molar-refractivity contribution is 0.0165. The van der Waals surface area contributed by atoms with E-state index in [2.05, 4.69) is 0 Å². The summed E-state index contributed by atoms with van der Waals surface area (Å²) in [5, 5.41) is 22.9. The van der Waals surface area contributed by atoms with Crippen molar-refractivity contribution in [2.45, 2.75) is 52.2 Å². The number of nitrogens with zero attached hydrogens (tertiary/aromatic N) is 3. The number of hydroxylamine groups is 1. The number of likely N-dealkylation sites (tertiary alicyclic amines) is 1. The van der Waals surface area contributed by atoms with Crippen molar-refractivity contribution in [3.8, 4) is 22.8 Å². The molecule has 1 aliphatic heterocycles. The summed E-state index contributed by atoms with van der Waals surface area (Å²) < 4.78 is 18.3. The highest BCUT2D eigenvalue weighted by Gasteiger charge is 2.35. The molecule has 3 N–H and O–H groups in total. The first-order valence-corrected chi connectivity index (χ1v) is 13.2. The Morgan fingerprint density at radius 1 is 1.10 bits per heavy atom. The van der Waals surface area contributed by atoms with E-state index in [4.69, 9.17) is 24.7 Å². The summed E-state index contributed by atoms with van der Waals surface area (Å²) >= 11 is 0. The second-order valence-electron chi connectivity index (χ2n) is 10.4. The highest BCUT2D eigenvalue weighted by molar-refractivity contribution is 6.09. The first-order valence-electron chi connectivity index (χ1n) is 13.2. The molecule has 0 saturated carbocycles. The third kappa shape index (κ3) is 6.60. The number of amidine groups is 1. The number of ether oxygens (including phenoxy) is 3. The zero-order valence-electron chi connectivity index (χ0n) is 23.1. The fourth-order valence-corrected chi connectivity index (χ4v) is 4.54. The van der Waals surface area contributed by atoms with Crippen LogP contribution in [-0.2, 0) is 9.47 Å². The lowest BCUT2D eigenvalue weighted by Gasteiger charge is -2.34. The molecule has 0 aliphatic carbocycles. The van der Waals surface area contributed by atoms with Crippen molar-refractivity contribution < 1.29 is 29.0 Å². The number of piperidine rings is 1. The van der Waals surface area contributed by atoms with E-state index >= 15 is 0 Å². The van der Waals surface area contributed by atoms with Crippen LogP contribution in [0.2, 0.25) is 0 Å². The number of carbonyl (C=O) groups excluding carboxylic acids is 2. The average Bonchev–Trinajstić information content (AvgIpc) is 3.34. The quantitative estimate of drug-likeness (QED) is 0.154. The highest BCUT2D eigenvalue weighted by Crippen LogP contribution is 2.33. The van der Waals surface area contributed by atoms with E-state index in [1.54, 1.807) is 56.9 Å². The van der Waals surface area contributed by atoms with Crippen molar-refractivity contribution in [1.82, 2.24) is 20.2 Å². The van der Waals surface area contributed by atoms with Gasteiger partial charge in [-0.2, -0.15) is 5.10 Å². The predicted molar refractivity (Wildman–Crippen MR) is 148 cm³/mol. The van der Waals surface area contributed by atoms with Crippen LogP contribution in [0.3, 0.4) is 0 Å². The van der Waals surface area contributed by atoms with Gasteiger partial charge in [0.05, 0.1) is 18.2 Å². The number of amides is 1. The van der Waals surface area contributed by atoms with Crippen LogP contribution in [0.1, 0.15) is 62.6 Å². The van der Waals surface area contributed by atoms with Crippen molar-refractivity contribution in [1.29, 1.82) is 5.41 Å². The minimum absolute atomic E-state index is 0.0176.